The summed E-state index contributed by atoms with van der Waals surface area (Å²) in [5.41, 5.74) is 0. The summed E-state index contributed by atoms with van der Waals surface area (Å²) in [7, 11) is 0. The van der Waals surface area contributed by atoms with Crippen molar-refractivity contribution in [2.75, 3.05) is 6.61 Å². The number of hydrogen-bond acceptors (Lipinski definition) is 2. The van der Waals surface area contributed by atoms with Gasteiger partial charge in [-0.15, -0.1) is 0 Å². The minimum Gasteiger partial charge on any atom is -0.491 e. The Morgan fingerprint density at radius 1 is 1.33 bits per heavy atom. The van der Waals surface area contributed by atoms with Crippen LogP contribution in [0, 0.1) is 5.92 Å². The normalized spacial score (nSPS) is 17.4. The zero-order valence-electron chi connectivity index (χ0n) is 10.9. The summed E-state index contributed by atoms with van der Waals surface area (Å²) in [6, 6.07) is 9.74. The molecule has 1 aliphatic carbocycles. The standard InChI is InChI=1S/C15H21NO2/c1-12(11-18-14-9-3-2-4-10-14)16-15(17)13-7-5-6-8-13/h2-4,9-10,12-13H,5-8,11H2,1H3,(H,16,17)/t12-/m1/s1. The molecule has 0 aliphatic heterocycles. The third kappa shape index (κ3) is 3.76. The van der Waals surface area contributed by atoms with Gasteiger partial charge in [0.25, 0.3) is 0 Å². The van der Waals surface area contributed by atoms with Gasteiger partial charge in [-0.3, -0.25) is 4.79 Å². The van der Waals surface area contributed by atoms with Crippen LogP contribution >= 0.6 is 0 Å². The Labute approximate surface area is 109 Å². The molecule has 0 unspecified atom stereocenters. The van der Waals surface area contributed by atoms with Gasteiger partial charge in [-0.2, -0.15) is 0 Å². The minimum absolute atomic E-state index is 0.0540. The smallest absolute Gasteiger partial charge is 0.223 e. The van der Waals surface area contributed by atoms with Crippen molar-refractivity contribution in [1.82, 2.24) is 5.32 Å². The average molecular weight is 247 g/mol. The lowest BCUT2D eigenvalue weighted by molar-refractivity contribution is -0.125. The second-order valence-electron chi connectivity index (χ2n) is 5.02. The summed E-state index contributed by atoms with van der Waals surface area (Å²) in [5, 5.41) is 3.03. The van der Waals surface area contributed by atoms with E-state index in [4.69, 9.17) is 4.74 Å². The second-order valence-corrected chi connectivity index (χ2v) is 5.02. The van der Waals surface area contributed by atoms with Gasteiger partial charge in [0.05, 0.1) is 6.04 Å². The van der Waals surface area contributed by atoms with Gasteiger partial charge in [-0.1, -0.05) is 31.0 Å². The maximum atomic E-state index is 11.9. The number of nitrogens with one attached hydrogen (secondary N) is 1. The van der Waals surface area contributed by atoms with E-state index in [0.29, 0.717) is 6.61 Å². The Morgan fingerprint density at radius 3 is 2.67 bits per heavy atom. The third-order valence-electron chi connectivity index (χ3n) is 3.36. The topological polar surface area (TPSA) is 38.3 Å². The van der Waals surface area contributed by atoms with Crippen LogP contribution in [0.2, 0.25) is 0 Å². The van der Waals surface area contributed by atoms with E-state index in [1.54, 1.807) is 0 Å². The van der Waals surface area contributed by atoms with Crippen molar-refractivity contribution in [2.45, 2.75) is 38.6 Å². The van der Waals surface area contributed by atoms with E-state index in [0.717, 1.165) is 18.6 Å². The van der Waals surface area contributed by atoms with Crippen LogP contribution in [0.15, 0.2) is 30.3 Å². The zero-order valence-corrected chi connectivity index (χ0v) is 10.9. The molecular weight excluding hydrogens is 226 g/mol. The molecule has 0 aromatic heterocycles. The third-order valence-corrected chi connectivity index (χ3v) is 3.36. The highest BCUT2D eigenvalue weighted by Gasteiger charge is 2.23. The second kappa shape index (κ2) is 6.43. The largest absolute Gasteiger partial charge is 0.491 e. The first-order valence-corrected chi connectivity index (χ1v) is 6.74. The number of para-hydroxylation sites is 1. The van der Waals surface area contributed by atoms with Gasteiger partial charge in [0.2, 0.25) is 5.91 Å². The fourth-order valence-electron chi connectivity index (χ4n) is 2.33. The molecule has 0 bridgehead atoms. The van der Waals surface area contributed by atoms with E-state index < -0.39 is 0 Å². The SMILES string of the molecule is C[C@H](COc1ccccc1)NC(=O)C1CCCC1. The van der Waals surface area contributed by atoms with Gasteiger partial charge < -0.3 is 10.1 Å². The molecule has 2 rings (SSSR count). The lowest BCUT2D eigenvalue weighted by atomic mass is 10.1. The molecule has 0 radical (unpaired) electrons. The summed E-state index contributed by atoms with van der Waals surface area (Å²) in [5.74, 6) is 1.26. The summed E-state index contributed by atoms with van der Waals surface area (Å²) in [6.07, 6.45) is 4.45. The van der Waals surface area contributed by atoms with E-state index in [1.807, 2.05) is 37.3 Å². The highest BCUT2D eigenvalue weighted by atomic mass is 16.5. The molecule has 3 heteroatoms. The molecule has 98 valence electrons. The number of carbonyl (C=O) groups is 1. The molecule has 1 N–H and O–H groups in total. The van der Waals surface area contributed by atoms with Gasteiger partial charge in [0.15, 0.2) is 0 Å². The van der Waals surface area contributed by atoms with Crippen LogP contribution in [0.4, 0.5) is 0 Å². The van der Waals surface area contributed by atoms with Gasteiger partial charge in [-0.25, -0.2) is 0 Å². The Bertz CT molecular complexity index is 371. The van der Waals surface area contributed by atoms with Gasteiger partial charge in [0, 0.05) is 5.92 Å². The lowest BCUT2D eigenvalue weighted by Crippen LogP contribution is -2.39. The van der Waals surface area contributed by atoms with Crippen LogP contribution in [0.3, 0.4) is 0 Å². The first-order valence-electron chi connectivity index (χ1n) is 6.74. The molecule has 0 saturated heterocycles. The number of carbonyl (C=O) groups excluding carboxylic acids is 1. The van der Waals surface area contributed by atoms with E-state index in [2.05, 4.69) is 5.32 Å². The van der Waals surface area contributed by atoms with Crippen molar-refractivity contribution in [1.29, 1.82) is 0 Å². The molecule has 1 amide bonds. The van der Waals surface area contributed by atoms with Gasteiger partial charge >= 0.3 is 0 Å². The summed E-state index contributed by atoms with van der Waals surface area (Å²) < 4.78 is 5.62. The summed E-state index contributed by atoms with van der Waals surface area (Å²) in [6.45, 7) is 2.50. The molecule has 1 atom stereocenters. The molecule has 18 heavy (non-hydrogen) atoms. The predicted octanol–water partition coefficient (Wildman–Crippen LogP) is 2.76. The first-order chi connectivity index (χ1) is 8.75. The van der Waals surface area contributed by atoms with E-state index in [-0.39, 0.29) is 17.9 Å². The minimum atomic E-state index is 0.0540. The summed E-state index contributed by atoms with van der Waals surface area (Å²) >= 11 is 0. The number of ether oxygens (including phenoxy) is 1. The highest BCUT2D eigenvalue weighted by Crippen LogP contribution is 2.24. The van der Waals surface area contributed by atoms with Crippen LogP contribution in [0.5, 0.6) is 5.75 Å². The van der Waals surface area contributed by atoms with Crippen molar-refractivity contribution >= 4 is 5.91 Å². The van der Waals surface area contributed by atoms with E-state index in [1.165, 1.54) is 12.8 Å². The molecule has 1 aromatic rings. The maximum absolute atomic E-state index is 11.9. The molecule has 1 aromatic carbocycles. The molecule has 0 spiro atoms. The average Bonchev–Trinajstić information content (AvgIpc) is 2.91. The molecule has 0 heterocycles. The molecule has 1 fully saturated rings. The maximum Gasteiger partial charge on any atom is 0.223 e. The molecule has 1 saturated carbocycles. The Morgan fingerprint density at radius 2 is 2.00 bits per heavy atom. The van der Waals surface area contributed by atoms with Gasteiger partial charge in [-0.05, 0) is 31.9 Å². The van der Waals surface area contributed by atoms with Crippen molar-refractivity contribution in [3.8, 4) is 5.75 Å². The fraction of sp³-hybridized carbons (Fsp3) is 0.533. The van der Waals surface area contributed by atoms with Crippen LogP contribution in [-0.4, -0.2) is 18.6 Å². The van der Waals surface area contributed by atoms with Crippen molar-refractivity contribution in [3.63, 3.8) is 0 Å². The van der Waals surface area contributed by atoms with E-state index in [9.17, 15) is 4.79 Å². The van der Waals surface area contributed by atoms with Crippen LogP contribution < -0.4 is 10.1 Å². The fourth-order valence-corrected chi connectivity index (χ4v) is 2.33. The predicted molar refractivity (Wildman–Crippen MR) is 71.5 cm³/mol. The highest BCUT2D eigenvalue weighted by molar-refractivity contribution is 5.79. The lowest BCUT2D eigenvalue weighted by Gasteiger charge is -2.17. The van der Waals surface area contributed by atoms with Gasteiger partial charge in [0.1, 0.15) is 12.4 Å². The zero-order chi connectivity index (χ0) is 12.8. The van der Waals surface area contributed by atoms with Crippen molar-refractivity contribution in [3.05, 3.63) is 30.3 Å². The number of amides is 1. The first kappa shape index (κ1) is 12.9. The Hall–Kier alpha value is -1.51. The van der Waals surface area contributed by atoms with Crippen LogP contribution in [0.25, 0.3) is 0 Å². The molecular formula is C15H21NO2. The van der Waals surface area contributed by atoms with Crippen LogP contribution in [0.1, 0.15) is 32.6 Å². The molecule has 1 aliphatic rings. The number of benzene rings is 1. The van der Waals surface area contributed by atoms with Crippen LogP contribution in [-0.2, 0) is 4.79 Å². The van der Waals surface area contributed by atoms with Crippen molar-refractivity contribution in [2.24, 2.45) is 5.92 Å². The quantitative estimate of drug-likeness (QED) is 0.869. The van der Waals surface area contributed by atoms with E-state index >= 15 is 0 Å². The summed E-state index contributed by atoms with van der Waals surface area (Å²) in [4.78, 5) is 11.9. The number of hydrogen-bond donors (Lipinski definition) is 1. The number of rotatable bonds is 5. The Balaban J connectivity index is 1.71. The monoisotopic (exact) mass is 247 g/mol. The molecule has 3 nitrogen and oxygen atoms in total. The Kier molecular flexibility index (Phi) is 4.62. The van der Waals surface area contributed by atoms with Crippen molar-refractivity contribution < 1.29 is 9.53 Å².